The predicted molar refractivity (Wildman–Crippen MR) is 44.3 cm³/mol. The summed E-state index contributed by atoms with van der Waals surface area (Å²) in [7, 11) is 0. The van der Waals surface area contributed by atoms with Crippen LogP contribution in [0.15, 0.2) is 0 Å². The number of hydrogen-bond acceptors (Lipinski definition) is 3. The molecule has 0 aliphatic rings. The highest BCUT2D eigenvalue weighted by atomic mass is 15.4. The molecule has 0 fully saturated rings. The molecule has 0 bridgehead atoms. The van der Waals surface area contributed by atoms with Gasteiger partial charge in [0.2, 0.25) is 0 Å². The van der Waals surface area contributed by atoms with Gasteiger partial charge in [-0.3, -0.25) is 5.84 Å². The Morgan fingerprint density at radius 2 is 1.50 bits per heavy atom. The lowest BCUT2D eigenvalue weighted by atomic mass is 10.1. The van der Waals surface area contributed by atoms with Crippen molar-refractivity contribution in [3.8, 4) is 0 Å². The fourth-order valence-corrected chi connectivity index (χ4v) is 0.742. The quantitative estimate of drug-likeness (QED) is 0.444. The molecule has 0 aliphatic carbocycles. The molecule has 0 rings (SSSR count). The van der Waals surface area contributed by atoms with Crippen LogP contribution >= 0.6 is 0 Å². The SMILES string of the molecule is CC(N)C(C)N(N)C(C)C. The second-order valence-corrected chi connectivity index (χ2v) is 3.14. The molecule has 3 heteroatoms. The van der Waals surface area contributed by atoms with Gasteiger partial charge in [0.25, 0.3) is 0 Å². The summed E-state index contributed by atoms with van der Waals surface area (Å²) in [5.74, 6) is 5.71. The molecule has 2 unspecified atom stereocenters. The van der Waals surface area contributed by atoms with Gasteiger partial charge in [-0.2, -0.15) is 0 Å². The fourth-order valence-electron chi connectivity index (χ4n) is 0.742. The van der Waals surface area contributed by atoms with Gasteiger partial charge in [-0.1, -0.05) is 0 Å². The first-order chi connectivity index (χ1) is 4.46. The van der Waals surface area contributed by atoms with Crippen LogP contribution in [0.4, 0.5) is 0 Å². The maximum absolute atomic E-state index is 5.71. The third-order valence-electron chi connectivity index (χ3n) is 1.83. The van der Waals surface area contributed by atoms with E-state index in [1.165, 1.54) is 0 Å². The topological polar surface area (TPSA) is 55.3 Å². The Labute approximate surface area is 63.3 Å². The van der Waals surface area contributed by atoms with E-state index >= 15 is 0 Å². The smallest absolute Gasteiger partial charge is 0.0364 e. The van der Waals surface area contributed by atoms with Crippen LogP contribution in [0.2, 0.25) is 0 Å². The lowest BCUT2D eigenvalue weighted by Gasteiger charge is -2.30. The van der Waals surface area contributed by atoms with E-state index in [4.69, 9.17) is 11.6 Å². The van der Waals surface area contributed by atoms with Crippen LogP contribution in [0, 0.1) is 0 Å². The Hall–Kier alpha value is -0.120. The van der Waals surface area contributed by atoms with Gasteiger partial charge in [0.05, 0.1) is 0 Å². The minimum Gasteiger partial charge on any atom is -0.326 e. The molecule has 4 N–H and O–H groups in total. The minimum atomic E-state index is 0.132. The normalized spacial score (nSPS) is 18.0. The average molecular weight is 145 g/mol. The van der Waals surface area contributed by atoms with Gasteiger partial charge in [-0.05, 0) is 27.7 Å². The van der Waals surface area contributed by atoms with Gasteiger partial charge in [-0.15, -0.1) is 0 Å². The van der Waals surface area contributed by atoms with E-state index < -0.39 is 0 Å². The van der Waals surface area contributed by atoms with Gasteiger partial charge in [0.15, 0.2) is 0 Å². The van der Waals surface area contributed by atoms with Gasteiger partial charge in [-0.25, -0.2) is 5.01 Å². The number of rotatable bonds is 3. The van der Waals surface area contributed by atoms with Crippen LogP contribution in [0.3, 0.4) is 0 Å². The number of hydrazine groups is 1. The summed E-state index contributed by atoms with van der Waals surface area (Å²) in [5, 5.41) is 1.78. The summed E-state index contributed by atoms with van der Waals surface area (Å²) in [6, 6.07) is 0.744. The monoisotopic (exact) mass is 145 g/mol. The number of nitrogens with two attached hydrogens (primary N) is 2. The predicted octanol–water partition coefficient (Wildman–Crippen LogP) is 0.306. The van der Waals surface area contributed by atoms with Crippen molar-refractivity contribution in [2.24, 2.45) is 11.6 Å². The van der Waals surface area contributed by atoms with Gasteiger partial charge in [0.1, 0.15) is 0 Å². The van der Waals surface area contributed by atoms with E-state index in [-0.39, 0.29) is 12.1 Å². The van der Waals surface area contributed by atoms with E-state index in [9.17, 15) is 0 Å². The maximum atomic E-state index is 5.71. The molecule has 0 saturated carbocycles. The van der Waals surface area contributed by atoms with Crippen molar-refractivity contribution in [3.63, 3.8) is 0 Å². The van der Waals surface area contributed by atoms with E-state index in [1.807, 2.05) is 13.8 Å². The van der Waals surface area contributed by atoms with Crippen LogP contribution < -0.4 is 11.6 Å². The van der Waals surface area contributed by atoms with Crippen molar-refractivity contribution in [1.29, 1.82) is 0 Å². The third-order valence-corrected chi connectivity index (χ3v) is 1.83. The number of nitrogens with zero attached hydrogens (tertiary/aromatic N) is 1. The molecular formula is C7H19N3. The molecule has 62 valence electrons. The fraction of sp³-hybridized carbons (Fsp3) is 1.00. The molecular weight excluding hydrogens is 126 g/mol. The standard InChI is InChI=1S/C7H19N3/c1-5(2)10(9)7(4)6(3)8/h5-7H,8-9H2,1-4H3. The zero-order valence-corrected chi connectivity index (χ0v) is 7.33. The van der Waals surface area contributed by atoms with Crippen molar-refractivity contribution in [2.75, 3.05) is 0 Å². The van der Waals surface area contributed by atoms with Gasteiger partial charge in [0, 0.05) is 18.1 Å². The molecule has 0 saturated heterocycles. The summed E-state index contributed by atoms with van der Waals surface area (Å²) in [6.45, 7) is 8.11. The van der Waals surface area contributed by atoms with Crippen molar-refractivity contribution in [1.82, 2.24) is 5.01 Å². The van der Waals surface area contributed by atoms with Crippen molar-refractivity contribution >= 4 is 0 Å². The molecule has 2 atom stereocenters. The molecule has 0 aromatic rings. The van der Waals surface area contributed by atoms with E-state index in [2.05, 4.69) is 13.8 Å². The van der Waals surface area contributed by atoms with Crippen LogP contribution in [0.25, 0.3) is 0 Å². The minimum absolute atomic E-state index is 0.132. The molecule has 0 spiro atoms. The lowest BCUT2D eigenvalue weighted by molar-refractivity contribution is 0.150. The molecule has 0 heterocycles. The van der Waals surface area contributed by atoms with Crippen molar-refractivity contribution in [3.05, 3.63) is 0 Å². The van der Waals surface area contributed by atoms with Crippen LogP contribution in [-0.4, -0.2) is 23.1 Å². The lowest BCUT2D eigenvalue weighted by Crippen LogP contribution is -2.51. The largest absolute Gasteiger partial charge is 0.326 e. The second-order valence-electron chi connectivity index (χ2n) is 3.14. The number of hydrogen-bond donors (Lipinski definition) is 2. The summed E-state index contributed by atoms with van der Waals surface area (Å²) in [5.41, 5.74) is 5.65. The molecule has 0 radical (unpaired) electrons. The van der Waals surface area contributed by atoms with Crippen LogP contribution in [0.1, 0.15) is 27.7 Å². The highest BCUT2D eigenvalue weighted by Gasteiger charge is 2.15. The van der Waals surface area contributed by atoms with Crippen molar-refractivity contribution in [2.45, 2.75) is 45.8 Å². The second kappa shape index (κ2) is 3.91. The summed E-state index contributed by atoms with van der Waals surface area (Å²) in [6.07, 6.45) is 0. The Bertz CT molecular complexity index is 78.9. The zero-order valence-electron chi connectivity index (χ0n) is 7.33. The average Bonchev–Trinajstić information content (AvgIpc) is 1.84. The highest BCUT2D eigenvalue weighted by Crippen LogP contribution is 2.00. The van der Waals surface area contributed by atoms with Gasteiger partial charge < -0.3 is 5.73 Å². The van der Waals surface area contributed by atoms with Crippen LogP contribution in [-0.2, 0) is 0 Å². The Morgan fingerprint density at radius 1 is 1.10 bits per heavy atom. The first-order valence-corrected chi connectivity index (χ1v) is 3.75. The summed E-state index contributed by atoms with van der Waals surface area (Å²) < 4.78 is 0. The Balaban J connectivity index is 3.81. The molecule has 0 aromatic heterocycles. The summed E-state index contributed by atoms with van der Waals surface area (Å²) in [4.78, 5) is 0. The van der Waals surface area contributed by atoms with Gasteiger partial charge >= 0.3 is 0 Å². The summed E-state index contributed by atoms with van der Waals surface area (Å²) >= 11 is 0. The van der Waals surface area contributed by atoms with E-state index in [0.717, 1.165) is 0 Å². The molecule has 0 amide bonds. The molecule has 0 aromatic carbocycles. The molecule has 0 aliphatic heterocycles. The third kappa shape index (κ3) is 2.64. The zero-order chi connectivity index (χ0) is 8.31. The maximum Gasteiger partial charge on any atom is 0.0364 e. The van der Waals surface area contributed by atoms with E-state index in [0.29, 0.717) is 6.04 Å². The Morgan fingerprint density at radius 3 is 1.60 bits per heavy atom. The first-order valence-electron chi connectivity index (χ1n) is 3.75. The highest BCUT2D eigenvalue weighted by molar-refractivity contribution is 4.72. The Kier molecular flexibility index (Phi) is 3.86. The van der Waals surface area contributed by atoms with E-state index in [1.54, 1.807) is 5.01 Å². The molecule has 10 heavy (non-hydrogen) atoms. The van der Waals surface area contributed by atoms with Crippen LogP contribution in [0.5, 0.6) is 0 Å². The van der Waals surface area contributed by atoms with Crippen molar-refractivity contribution < 1.29 is 0 Å². The first kappa shape index (κ1) is 9.88. The molecule has 3 nitrogen and oxygen atoms in total.